The van der Waals surface area contributed by atoms with Crippen molar-refractivity contribution in [3.05, 3.63) is 64.9 Å². The molecule has 1 aromatic carbocycles. The Bertz CT molecular complexity index is 1370. The molecule has 3 aromatic heterocycles. The van der Waals surface area contributed by atoms with E-state index in [1.807, 2.05) is 6.07 Å². The molecule has 0 aliphatic heterocycles. The lowest BCUT2D eigenvalue weighted by atomic mass is 10.1. The van der Waals surface area contributed by atoms with Crippen molar-refractivity contribution in [2.45, 2.75) is 25.6 Å². The summed E-state index contributed by atoms with van der Waals surface area (Å²) >= 11 is 1.05. The number of halogens is 1. The first-order chi connectivity index (χ1) is 16.2. The summed E-state index contributed by atoms with van der Waals surface area (Å²) < 4.78 is 20.1. The van der Waals surface area contributed by atoms with Crippen LogP contribution in [-0.4, -0.2) is 41.8 Å². The van der Waals surface area contributed by atoms with E-state index in [2.05, 4.69) is 20.2 Å². The number of benzene rings is 1. The number of ether oxygens (including phenoxy) is 1. The summed E-state index contributed by atoms with van der Waals surface area (Å²) in [7, 11) is 0. The summed E-state index contributed by atoms with van der Waals surface area (Å²) in [6, 6.07) is 7.76. The zero-order valence-corrected chi connectivity index (χ0v) is 19.0. The SMILES string of the molecule is C[C@@H](Oc1cc(-c2sc([C@@](C)(O)CO)nc2C#N)cnc1N)c1cc(F)ccc1-n1nccn1. The topological polar surface area (TPSA) is 156 Å². The van der Waals surface area contributed by atoms with E-state index in [1.54, 1.807) is 19.1 Å². The molecule has 0 aliphatic carbocycles. The fourth-order valence-corrected chi connectivity index (χ4v) is 4.22. The zero-order chi connectivity index (χ0) is 24.5. The second-order valence-electron chi connectivity index (χ2n) is 7.63. The van der Waals surface area contributed by atoms with Crippen molar-refractivity contribution in [1.29, 1.82) is 5.26 Å². The summed E-state index contributed by atoms with van der Waals surface area (Å²) in [5.41, 5.74) is 6.00. The van der Waals surface area contributed by atoms with Crippen LogP contribution in [0.5, 0.6) is 5.75 Å². The van der Waals surface area contributed by atoms with Gasteiger partial charge in [0.05, 0.1) is 29.6 Å². The molecular weight excluding hydrogens is 461 g/mol. The molecule has 3 heterocycles. The van der Waals surface area contributed by atoms with Crippen LogP contribution in [0, 0.1) is 17.1 Å². The zero-order valence-electron chi connectivity index (χ0n) is 18.2. The third-order valence-corrected chi connectivity index (χ3v) is 6.37. The molecule has 0 bridgehead atoms. The predicted octanol–water partition coefficient (Wildman–Crippen LogP) is 2.72. The second kappa shape index (κ2) is 9.14. The first kappa shape index (κ1) is 23.2. The van der Waals surface area contributed by atoms with Gasteiger partial charge in [0, 0.05) is 17.3 Å². The van der Waals surface area contributed by atoms with Crippen molar-refractivity contribution in [2.24, 2.45) is 0 Å². The summed E-state index contributed by atoms with van der Waals surface area (Å²) in [6.07, 6.45) is 3.81. The number of aliphatic hydroxyl groups excluding tert-OH is 1. The second-order valence-corrected chi connectivity index (χ2v) is 8.63. The molecule has 2 atom stereocenters. The van der Waals surface area contributed by atoms with Crippen LogP contribution in [0.2, 0.25) is 0 Å². The molecule has 0 aliphatic rings. The van der Waals surface area contributed by atoms with E-state index in [0.29, 0.717) is 21.7 Å². The van der Waals surface area contributed by atoms with Crippen molar-refractivity contribution in [1.82, 2.24) is 25.0 Å². The van der Waals surface area contributed by atoms with Gasteiger partial charge in [0.2, 0.25) is 0 Å². The molecule has 0 unspecified atom stereocenters. The smallest absolute Gasteiger partial charge is 0.166 e. The van der Waals surface area contributed by atoms with Crippen molar-refractivity contribution < 1.29 is 19.3 Å². The van der Waals surface area contributed by atoms with Crippen LogP contribution in [0.1, 0.15) is 36.2 Å². The Labute approximate surface area is 197 Å². The molecular formula is C22H20FN7O3S. The number of nitriles is 1. The summed E-state index contributed by atoms with van der Waals surface area (Å²) in [5.74, 6) is -0.147. The maximum absolute atomic E-state index is 14.0. The molecule has 12 heteroatoms. The fourth-order valence-electron chi connectivity index (χ4n) is 3.19. The molecule has 174 valence electrons. The largest absolute Gasteiger partial charge is 0.482 e. The Morgan fingerprint density at radius 2 is 2.06 bits per heavy atom. The maximum atomic E-state index is 14.0. The highest BCUT2D eigenvalue weighted by Gasteiger charge is 2.29. The standard InChI is InChI=1S/C22H20FN7O3S/c1-12(15-8-14(23)3-4-17(15)30-27-5-6-28-30)33-18-7-13(10-26-20(18)25)19-16(9-24)29-21(34-19)22(2,32)11-31/h3-8,10,12,31-32H,11H2,1-2H3,(H2,25,26)/t12-,22+/m1/s1. The average molecular weight is 482 g/mol. The van der Waals surface area contributed by atoms with E-state index in [9.17, 15) is 19.9 Å². The Kier molecular flexibility index (Phi) is 6.25. The number of aliphatic hydroxyl groups is 2. The number of nitrogen functional groups attached to an aromatic ring is 1. The van der Waals surface area contributed by atoms with Gasteiger partial charge in [-0.2, -0.15) is 20.3 Å². The van der Waals surface area contributed by atoms with E-state index >= 15 is 0 Å². The predicted molar refractivity (Wildman–Crippen MR) is 121 cm³/mol. The fraction of sp³-hybridized carbons (Fsp3) is 0.227. The number of hydrogen-bond donors (Lipinski definition) is 3. The van der Waals surface area contributed by atoms with Crippen LogP contribution < -0.4 is 10.5 Å². The highest BCUT2D eigenvalue weighted by molar-refractivity contribution is 7.15. The molecule has 0 amide bonds. The van der Waals surface area contributed by atoms with Crippen molar-refractivity contribution >= 4 is 17.2 Å². The molecule has 0 saturated heterocycles. The summed E-state index contributed by atoms with van der Waals surface area (Å²) in [5, 5.41) is 37.7. The first-order valence-corrected chi connectivity index (χ1v) is 10.9. The minimum absolute atomic E-state index is 0.0662. The van der Waals surface area contributed by atoms with Crippen molar-refractivity contribution in [3.8, 4) is 27.9 Å². The van der Waals surface area contributed by atoms with E-state index in [1.165, 1.54) is 42.4 Å². The number of aromatic nitrogens is 5. The van der Waals surface area contributed by atoms with Gasteiger partial charge in [-0.3, -0.25) is 0 Å². The lowest BCUT2D eigenvalue weighted by molar-refractivity contribution is -0.00247. The van der Waals surface area contributed by atoms with Crippen molar-refractivity contribution in [2.75, 3.05) is 12.3 Å². The van der Waals surface area contributed by atoms with Crippen LogP contribution in [-0.2, 0) is 5.60 Å². The number of rotatable bonds is 7. The van der Waals surface area contributed by atoms with Gasteiger partial charge >= 0.3 is 0 Å². The minimum Gasteiger partial charge on any atom is -0.482 e. The van der Waals surface area contributed by atoms with Crippen LogP contribution in [0.25, 0.3) is 16.1 Å². The highest BCUT2D eigenvalue weighted by Crippen LogP contribution is 2.38. The molecule has 10 nitrogen and oxygen atoms in total. The summed E-state index contributed by atoms with van der Waals surface area (Å²) in [6.45, 7) is 2.56. The van der Waals surface area contributed by atoms with E-state index in [0.717, 1.165) is 11.3 Å². The van der Waals surface area contributed by atoms with E-state index in [4.69, 9.17) is 10.5 Å². The van der Waals surface area contributed by atoms with Crippen LogP contribution in [0.4, 0.5) is 10.2 Å². The Morgan fingerprint density at radius 1 is 1.32 bits per heavy atom. The molecule has 4 N–H and O–H groups in total. The number of nitrogens with two attached hydrogens (primary N) is 1. The van der Waals surface area contributed by atoms with Gasteiger partial charge in [-0.15, -0.1) is 11.3 Å². The highest BCUT2D eigenvalue weighted by atomic mass is 32.1. The number of anilines is 1. The Morgan fingerprint density at radius 3 is 2.74 bits per heavy atom. The molecule has 0 spiro atoms. The van der Waals surface area contributed by atoms with E-state index in [-0.39, 0.29) is 22.3 Å². The minimum atomic E-state index is -1.60. The van der Waals surface area contributed by atoms with Gasteiger partial charge in [0.15, 0.2) is 17.3 Å². The third-order valence-electron chi connectivity index (χ3n) is 5.01. The van der Waals surface area contributed by atoms with Gasteiger partial charge in [-0.1, -0.05) is 0 Å². The number of hydrogen-bond acceptors (Lipinski definition) is 10. The van der Waals surface area contributed by atoms with Crippen LogP contribution in [0.3, 0.4) is 0 Å². The normalized spacial score (nSPS) is 13.8. The number of nitrogens with zero attached hydrogens (tertiary/aromatic N) is 6. The summed E-state index contributed by atoms with van der Waals surface area (Å²) in [4.78, 5) is 10.1. The van der Waals surface area contributed by atoms with Gasteiger partial charge < -0.3 is 20.7 Å². The van der Waals surface area contributed by atoms with Gasteiger partial charge in [0.1, 0.15) is 28.6 Å². The van der Waals surface area contributed by atoms with Crippen LogP contribution >= 0.6 is 11.3 Å². The molecule has 34 heavy (non-hydrogen) atoms. The maximum Gasteiger partial charge on any atom is 0.166 e. The van der Waals surface area contributed by atoms with E-state index < -0.39 is 24.1 Å². The molecule has 4 aromatic rings. The lowest BCUT2D eigenvalue weighted by Gasteiger charge is -2.19. The number of thiazole rings is 1. The molecule has 0 radical (unpaired) electrons. The van der Waals surface area contributed by atoms with Crippen molar-refractivity contribution in [3.63, 3.8) is 0 Å². The first-order valence-electron chi connectivity index (χ1n) is 10.1. The Balaban J connectivity index is 1.70. The molecule has 0 fully saturated rings. The van der Waals surface area contributed by atoms with Crippen LogP contribution in [0.15, 0.2) is 42.9 Å². The average Bonchev–Trinajstić information content (AvgIpc) is 3.51. The van der Waals surface area contributed by atoms with Gasteiger partial charge in [-0.25, -0.2) is 14.4 Å². The quantitative estimate of drug-likeness (QED) is 0.361. The van der Waals surface area contributed by atoms with Gasteiger partial charge in [-0.05, 0) is 38.1 Å². The number of pyridine rings is 1. The molecule has 0 saturated carbocycles. The molecule has 4 rings (SSSR count). The monoisotopic (exact) mass is 481 g/mol. The lowest BCUT2D eigenvalue weighted by Crippen LogP contribution is -2.25. The third kappa shape index (κ3) is 4.44. The Hall–Kier alpha value is -3.92. The van der Waals surface area contributed by atoms with Gasteiger partial charge in [0.25, 0.3) is 0 Å².